The van der Waals surface area contributed by atoms with Gasteiger partial charge in [0.15, 0.2) is 0 Å². The number of rotatable bonds is 2. The molecule has 4 nitrogen and oxygen atoms in total. The molecule has 0 spiro atoms. The lowest BCUT2D eigenvalue weighted by Gasteiger charge is -2.08. The molecule has 0 unspecified atom stereocenters. The molecule has 1 aromatic rings. The van der Waals surface area contributed by atoms with Gasteiger partial charge in [-0.1, -0.05) is 0 Å². The van der Waals surface area contributed by atoms with Crippen LogP contribution in [0.5, 0.6) is 5.75 Å². The highest BCUT2D eigenvalue weighted by Crippen LogP contribution is 2.19. The van der Waals surface area contributed by atoms with Crippen molar-refractivity contribution in [3.05, 3.63) is 23.8 Å². The van der Waals surface area contributed by atoms with E-state index in [1.54, 1.807) is 26.0 Å². The molecule has 0 radical (unpaired) electrons. The first-order valence-electron chi connectivity index (χ1n) is 4.37. The summed E-state index contributed by atoms with van der Waals surface area (Å²) in [5, 5.41) is 11.9. The minimum Gasteiger partial charge on any atom is -0.508 e. The van der Waals surface area contributed by atoms with Crippen LogP contribution in [0.3, 0.4) is 0 Å². The van der Waals surface area contributed by atoms with E-state index in [0.717, 1.165) is 0 Å². The van der Waals surface area contributed by atoms with Gasteiger partial charge in [0.2, 0.25) is 5.91 Å². The summed E-state index contributed by atoms with van der Waals surface area (Å²) >= 11 is 0. The van der Waals surface area contributed by atoms with E-state index in [1.165, 1.54) is 6.07 Å². The number of carbonyl (C=O) groups is 1. The summed E-state index contributed by atoms with van der Waals surface area (Å²) in [4.78, 5) is 11.2. The van der Waals surface area contributed by atoms with Crippen LogP contribution in [0.25, 0.3) is 0 Å². The number of nitrogens with two attached hydrogens (primary N) is 1. The van der Waals surface area contributed by atoms with Crippen LogP contribution >= 0.6 is 0 Å². The van der Waals surface area contributed by atoms with Crippen molar-refractivity contribution in [2.45, 2.75) is 19.9 Å². The van der Waals surface area contributed by atoms with Gasteiger partial charge in [0.05, 0.1) is 6.04 Å². The van der Waals surface area contributed by atoms with Crippen LogP contribution in [0.4, 0.5) is 5.69 Å². The lowest BCUT2D eigenvalue weighted by atomic mass is 10.2. The zero-order chi connectivity index (χ0) is 10.7. The molecule has 0 heterocycles. The average Bonchev–Trinajstić information content (AvgIpc) is 2.11. The van der Waals surface area contributed by atoms with Gasteiger partial charge in [-0.25, -0.2) is 0 Å². The van der Waals surface area contributed by atoms with Gasteiger partial charge in [-0.3, -0.25) is 4.79 Å². The Morgan fingerprint density at radius 3 is 2.71 bits per heavy atom. The van der Waals surface area contributed by atoms with E-state index in [0.29, 0.717) is 11.3 Å². The Morgan fingerprint density at radius 1 is 1.57 bits per heavy atom. The Hall–Kier alpha value is -1.55. The van der Waals surface area contributed by atoms with Crippen LogP contribution in [0, 0.1) is 6.92 Å². The summed E-state index contributed by atoms with van der Waals surface area (Å²) in [5.41, 5.74) is 6.75. The van der Waals surface area contributed by atoms with E-state index in [-0.39, 0.29) is 11.7 Å². The molecule has 1 rings (SSSR count). The molecule has 0 aromatic heterocycles. The zero-order valence-electron chi connectivity index (χ0n) is 8.24. The second-order valence-electron chi connectivity index (χ2n) is 3.28. The van der Waals surface area contributed by atoms with Crippen LogP contribution in [0.15, 0.2) is 18.2 Å². The number of hydrogen-bond donors (Lipinski definition) is 3. The van der Waals surface area contributed by atoms with Crippen LogP contribution < -0.4 is 11.1 Å². The van der Waals surface area contributed by atoms with Crippen molar-refractivity contribution in [3.63, 3.8) is 0 Å². The quantitative estimate of drug-likeness (QED) is 0.614. The van der Waals surface area contributed by atoms with E-state index in [1.807, 2.05) is 0 Å². The Morgan fingerprint density at radius 2 is 2.21 bits per heavy atom. The maximum absolute atomic E-state index is 11.2. The predicted octanol–water partition coefficient (Wildman–Crippen LogP) is 0.986. The zero-order valence-corrected chi connectivity index (χ0v) is 8.24. The molecule has 4 heteroatoms. The Labute approximate surface area is 82.7 Å². The van der Waals surface area contributed by atoms with E-state index in [2.05, 4.69) is 5.32 Å². The average molecular weight is 194 g/mol. The lowest BCUT2D eigenvalue weighted by molar-refractivity contribution is -0.117. The molecule has 0 fully saturated rings. The number of benzene rings is 1. The Balaban J connectivity index is 2.78. The highest BCUT2D eigenvalue weighted by Gasteiger charge is 2.07. The smallest absolute Gasteiger partial charge is 0.240 e. The maximum Gasteiger partial charge on any atom is 0.240 e. The number of phenolic OH excluding ortho intramolecular Hbond substituents is 1. The van der Waals surface area contributed by atoms with Gasteiger partial charge in [-0.2, -0.15) is 0 Å². The summed E-state index contributed by atoms with van der Waals surface area (Å²) in [6.45, 7) is 3.37. The fraction of sp³-hybridized carbons (Fsp3) is 0.300. The molecule has 14 heavy (non-hydrogen) atoms. The van der Waals surface area contributed by atoms with Gasteiger partial charge in [-0.05, 0) is 37.6 Å². The molecular formula is C10H14N2O2. The number of aromatic hydroxyl groups is 1. The third kappa shape index (κ3) is 2.47. The third-order valence-electron chi connectivity index (χ3n) is 1.88. The van der Waals surface area contributed by atoms with E-state index in [4.69, 9.17) is 5.73 Å². The monoisotopic (exact) mass is 194 g/mol. The van der Waals surface area contributed by atoms with E-state index >= 15 is 0 Å². The molecule has 1 atom stereocenters. The predicted molar refractivity (Wildman–Crippen MR) is 55.1 cm³/mol. The summed E-state index contributed by atoms with van der Waals surface area (Å²) < 4.78 is 0. The minimum atomic E-state index is -0.538. The maximum atomic E-state index is 11.2. The molecule has 0 aliphatic carbocycles. The molecular weight excluding hydrogens is 180 g/mol. The molecule has 0 saturated heterocycles. The first-order valence-corrected chi connectivity index (χ1v) is 4.37. The lowest BCUT2D eigenvalue weighted by Crippen LogP contribution is -2.32. The Kier molecular flexibility index (Phi) is 3.09. The first-order chi connectivity index (χ1) is 6.50. The molecule has 1 aromatic carbocycles. The number of phenols is 1. The van der Waals surface area contributed by atoms with Crippen molar-refractivity contribution >= 4 is 11.6 Å². The van der Waals surface area contributed by atoms with Crippen molar-refractivity contribution in [1.82, 2.24) is 0 Å². The summed E-state index contributed by atoms with van der Waals surface area (Å²) in [6, 6.07) is 4.31. The Bertz CT molecular complexity index is 348. The summed E-state index contributed by atoms with van der Waals surface area (Å²) in [6.07, 6.45) is 0. The number of anilines is 1. The molecule has 1 amide bonds. The van der Waals surface area contributed by atoms with Crippen molar-refractivity contribution in [2.24, 2.45) is 5.73 Å². The molecule has 0 saturated carbocycles. The summed E-state index contributed by atoms with van der Waals surface area (Å²) in [5.74, 6) is -0.0288. The van der Waals surface area contributed by atoms with Crippen LogP contribution in [0.1, 0.15) is 12.5 Å². The highest BCUT2D eigenvalue weighted by molar-refractivity contribution is 5.94. The van der Waals surface area contributed by atoms with Gasteiger partial charge in [0.1, 0.15) is 5.75 Å². The number of carbonyl (C=O) groups excluding carboxylic acids is 1. The molecule has 76 valence electrons. The molecule has 4 N–H and O–H groups in total. The van der Waals surface area contributed by atoms with Crippen LogP contribution in [-0.2, 0) is 4.79 Å². The van der Waals surface area contributed by atoms with Gasteiger partial charge in [-0.15, -0.1) is 0 Å². The van der Waals surface area contributed by atoms with Crippen molar-refractivity contribution in [3.8, 4) is 5.75 Å². The van der Waals surface area contributed by atoms with Gasteiger partial charge in [0.25, 0.3) is 0 Å². The number of aryl methyl sites for hydroxylation is 1. The largest absolute Gasteiger partial charge is 0.508 e. The van der Waals surface area contributed by atoms with E-state index < -0.39 is 6.04 Å². The number of nitrogens with one attached hydrogen (secondary N) is 1. The van der Waals surface area contributed by atoms with Gasteiger partial charge in [0, 0.05) is 5.69 Å². The normalized spacial score (nSPS) is 12.2. The topological polar surface area (TPSA) is 75.4 Å². The van der Waals surface area contributed by atoms with Crippen LogP contribution in [0.2, 0.25) is 0 Å². The van der Waals surface area contributed by atoms with Gasteiger partial charge >= 0.3 is 0 Å². The second kappa shape index (κ2) is 4.11. The standard InChI is InChI=1S/C10H14N2O2/c1-6-5-8(3-4-9(6)13)12-10(14)7(2)11/h3-5,7,13H,11H2,1-2H3,(H,12,14)/t7-/m0/s1. The van der Waals surface area contributed by atoms with Gasteiger partial charge < -0.3 is 16.2 Å². The molecule has 0 aliphatic rings. The van der Waals surface area contributed by atoms with E-state index in [9.17, 15) is 9.90 Å². The fourth-order valence-corrected chi connectivity index (χ4v) is 0.989. The fourth-order valence-electron chi connectivity index (χ4n) is 0.989. The van der Waals surface area contributed by atoms with Crippen molar-refractivity contribution in [1.29, 1.82) is 0 Å². The third-order valence-corrected chi connectivity index (χ3v) is 1.88. The highest BCUT2D eigenvalue weighted by atomic mass is 16.3. The molecule has 0 aliphatic heterocycles. The number of amides is 1. The van der Waals surface area contributed by atoms with Crippen LogP contribution in [-0.4, -0.2) is 17.1 Å². The minimum absolute atomic E-state index is 0.212. The molecule has 0 bridgehead atoms. The first kappa shape index (κ1) is 10.5. The summed E-state index contributed by atoms with van der Waals surface area (Å²) in [7, 11) is 0. The van der Waals surface area contributed by atoms with Crippen molar-refractivity contribution < 1.29 is 9.90 Å². The SMILES string of the molecule is Cc1cc(NC(=O)[C@H](C)N)ccc1O. The second-order valence-corrected chi connectivity index (χ2v) is 3.28. The number of hydrogen-bond acceptors (Lipinski definition) is 3. The van der Waals surface area contributed by atoms with Crippen molar-refractivity contribution in [2.75, 3.05) is 5.32 Å².